The summed E-state index contributed by atoms with van der Waals surface area (Å²) in [7, 11) is 0. The minimum Gasteiger partial charge on any atom is -0.370 e. The van der Waals surface area contributed by atoms with Gasteiger partial charge in [0.2, 0.25) is 0 Å². The summed E-state index contributed by atoms with van der Waals surface area (Å²) in [5, 5.41) is 6.61. The molecular formula is C12H22N4. The second-order valence-electron chi connectivity index (χ2n) is 4.22. The highest BCUT2D eigenvalue weighted by atomic mass is 15.1. The van der Waals surface area contributed by atoms with Crippen molar-refractivity contribution in [2.45, 2.75) is 40.2 Å². The highest BCUT2D eigenvalue weighted by Gasteiger charge is 2.11. The highest BCUT2D eigenvalue weighted by molar-refractivity contribution is 5.46. The molecule has 0 bridgehead atoms. The van der Waals surface area contributed by atoms with Crippen LogP contribution in [0.25, 0.3) is 0 Å². The number of nitrogens with zero attached hydrogens (tertiary/aromatic N) is 2. The molecule has 4 nitrogen and oxygen atoms in total. The van der Waals surface area contributed by atoms with Crippen molar-refractivity contribution in [3.8, 4) is 0 Å². The van der Waals surface area contributed by atoms with Gasteiger partial charge in [0.15, 0.2) is 0 Å². The molecule has 1 unspecified atom stereocenters. The lowest BCUT2D eigenvalue weighted by atomic mass is 10.0. The second-order valence-corrected chi connectivity index (χ2v) is 4.22. The Hall–Kier alpha value is -1.32. The van der Waals surface area contributed by atoms with Gasteiger partial charge < -0.3 is 10.6 Å². The smallest absolute Gasteiger partial charge is 0.131 e. The summed E-state index contributed by atoms with van der Waals surface area (Å²) in [6, 6.07) is 2.42. The molecule has 16 heavy (non-hydrogen) atoms. The van der Waals surface area contributed by atoms with Gasteiger partial charge in [0.05, 0.1) is 0 Å². The molecule has 0 aromatic carbocycles. The summed E-state index contributed by atoms with van der Waals surface area (Å²) in [6.07, 6.45) is 2.69. The van der Waals surface area contributed by atoms with E-state index in [0.29, 0.717) is 12.0 Å². The van der Waals surface area contributed by atoms with Crippen molar-refractivity contribution in [3.63, 3.8) is 0 Å². The van der Waals surface area contributed by atoms with Crippen molar-refractivity contribution in [1.82, 2.24) is 9.97 Å². The molecule has 0 radical (unpaired) electrons. The van der Waals surface area contributed by atoms with E-state index in [1.165, 1.54) is 0 Å². The number of nitrogens with one attached hydrogen (secondary N) is 2. The minimum absolute atomic E-state index is 0.462. The summed E-state index contributed by atoms with van der Waals surface area (Å²) < 4.78 is 0. The van der Waals surface area contributed by atoms with Crippen LogP contribution in [0.1, 0.15) is 34.1 Å². The van der Waals surface area contributed by atoms with Gasteiger partial charge in [-0.15, -0.1) is 0 Å². The van der Waals surface area contributed by atoms with Gasteiger partial charge in [0.1, 0.15) is 18.0 Å². The average molecular weight is 222 g/mol. The van der Waals surface area contributed by atoms with Crippen LogP contribution in [0.3, 0.4) is 0 Å². The number of hydrogen-bond donors (Lipinski definition) is 2. The number of anilines is 2. The minimum atomic E-state index is 0.462. The molecule has 0 aliphatic carbocycles. The van der Waals surface area contributed by atoms with E-state index in [9.17, 15) is 0 Å². The standard InChI is InChI=1S/C12H22N4/c1-5-10(9(3)4)16-12-7-11(13-6-2)14-8-15-12/h7-10H,5-6H2,1-4H3,(H2,13,14,15,16). The molecule has 0 aliphatic rings. The first-order chi connectivity index (χ1) is 7.67. The molecule has 1 aromatic rings. The lowest BCUT2D eigenvalue weighted by Gasteiger charge is -2.21. The Bertz CT molecular complexity index is 312. The number of rotatable bonds is 6. The van der Waals surface area contributed by atoms with E-state index in [1.54, 1.807) is 6.33 Å². The quantitative estimate of drug-likeness (QED) is 0.777. The second kappa shape index (κ2) is 6.30. The summed E-state index contributed by atoms with van der Waals surface area (Å²) in [6.45, 7) is 9.54. The molecule has 1 atom stereocenters. The fourth-order valence-electron chi connectivity index (χ4n) is 1.64. The molecule has 90 valence electrons. The summed E-state index contributed by atoms with van der Waals surface area (Å²) in [5.41, 5.74) is 0. The zero-order valence-electron chi connectivity index (χ0n) is 10.6. The zero-order valence-corrected chi connectivity index (χ0v) is 10.6. The van der Waals surface area contributed by atoms with E-state index in [2.05, 4.69) is 48.3 Å². The molecule has 1 aromatic heterocycles. The van der Waals surface area contributed by atoms with Crippen LogP contribution in [0.2, 0.25) is 0 Å². The Morgan fingerprint density at radius 3 is 2.44 bits per heavy atom. The molecule has 0 saturated heterocycles. The Morgan fingerprint density at radius 1 is 1.19 bits per heavy atom. The number of hydrogen-bond acceptors (Lipinski definition) is 4. The third-order valence-electron chi connectivity index (χ3n) is 2.60. The third kappa shape index (κ3) is 3.68. The normalized spacial score (nSPS) is 12.6. The van der Waals surface area contributed by atoms with E-state index < -0.39 is 0 Å². The van der Waals surface area contributed by atoms with E-state index >= 15 is 0 Å². The van der Waals surface area contributed by atoms with Crippen LogP contribution in [0.15, 0.2) is 12.4 Å². The molecule has 0 saturated carbocycles. The first-order valence-electron chi connectivity index (χ1n) is 5.99. The van der Waals surface area contributed by atoms with Crippen molar-refractivity contribution in [2.75, 3.05) is 17.2 Å². The van der Waals surface area contributed by atoms with Crippen molar-refractivity contribution in [2.24, 2.45) is 5.92 Å². The molecule has 1 heterocycles. The van der Waals surface area contributed by atoms with Gasteiger partial charge in [-0.1, -0.05) is 20.8 Å². The Morgan fingerprint density at radius 2 is 1.88 bits per heavy atom. The van der Waals surface area contributed by atoms with E-state index in [1.807, 2.05) is 6.07 Å². The lowest BCUT2D eigenvalue weighted by Crippen LogP contribution is -2.25. The fraction of sp³-hybridized carbons (Fsp3) is 0.667. The molecular weight excluding hydrogens is 200 g/mol. The molecule has 0 aliphatic heterocycles. The largest absolute Gasteiger partial charge is 0.370 e. The van der Waals surface area contributed by atoms with Crippen molar-refractivity contribution in [3.05, 3.63) is 12.4 Å². The van der Waals surface area contributed by atoms with Crippen LogP contribution in [0, 0.1) is 5.92 Å². The summed E-state index contributed by atoms with van der Waals surface area (Å²) in [5.74, 6) is 2.37. The van der Waals surface area contributed by atoms with Gasteiger partial charge in [0.25, 0.3) is 0 Å². The van der Waals surface area contributed by atoms with E-state index in [4.69, 9.17) is 0 Å². The molecule has 2 N–H and O–H groups in total. The highest BCUT2D eigenvalue weighted by Crippen LogP contribution is 2.14. The summed E-state index contributed by atoms with van der Waals surface area (Å²) in [4.78, 5) is 8.37. The van der Waals surface area contributed by atoms with Crippen LogP contribution in [0.4, 0.5) is 11.6 Å². The predicted molar refractivity (Wildman–Crippen MR) is 68.7 cm³/mol. The lowest BCUT2D eigenvalue weighted by molar-refractivity contribution is 0.510. The van der Waals surface area contributed by atoms with E-state index in [0.717, 1.165) is 24.6 Å². The monoisotopic (exact) mass is 222 g/mol. The van der Waals surface area contributed by atoms with Gasteiger partial charge in [-0.05, 0) is 19.3 Å². The third-order valence-corrected chi connectivity index (χ3v) is 2.60. The summed E-state index contributed by atoms with van der Waals surface area (Å²) >= 11 is 0. The maximum atomic E-state index is 4.23. The van der Waals surface area contributed by atoms with Crippen molar-refractivity contribution < 1.29 is 0 Å². The Balaban J connectivity index is 2.68. The maximum Gasteiger partial charge on any atom is 0.131 e. The van der Waals surface area contributed by atoms with Crippen LogP contribution in [-0.2, 0) is 0 Å². The number of aromatic nitrogens is 2. The fourth-order valence-corrected chi connectivity index (χ4v) is 1.64. The van der Waals surface area contributed by atoms with Gasteiger partial charge in [-0.2, -0.15) is 0 Å². The van der Waals surface area contributed by atoms with Crippen LogP contribution in [-0.4, -0.2) is 22.6 Å². The first kappa shape index (κ1) is 12.7. The van der Waals surface area contributed by atoms with Gasteiger partial charge >= 0.3 is 0 Å². The van der Waals surface area contributed by atoms with Gasteiger partial charge in [-0.3, -0.25) is 0 Å². The molecule has 0 fully saturated rings. The molecule has 1 rings (SSSR count). The van der Waals surface area contributed by atoms with Gasteiger partial charge in [-0.25, -0.2) is 9.97 Å². The van der Waals surface area contributed by atoms with Crippen molar-refractivity contribution in [1.29, 1.82) is 0 Å². The van der Waals surface area contributed by atoms with Crippen LogP contribution < -0.4 is 10.6 Å². The SMILES string of the molecule is CCNc1cc(NC(CC)C(C)C)ncn1. The molecule has 0 amide bonds. The maximum absolute atomic E-state index is 4.23. The van der Waals surface area contributed by atoms with Crippen LogP contribution in [0.5, 0.6) is 0 Å². The Labute approximate surface area is 97.9 Å². The first-order valence-corrected chi connectivity index (χ1v) is 5.99. The topological polar surface area (TPSA) is 49.8 Å². The van der Waals surface area contributed by atoms with Gasteiger partial charge in [0, 0.05) is 18.7 Å². The van der Waals surface area contributed by atoms with E-state index in [-0.39, 0.29) is 0 Å². The molecule has 4 heteroatoms. The van der Waals surface area contributed by atoms with Crippen LogP contribution >= 0.6 is 0 Å². The average Bonchev–Trinajstić information content (AvgIpc) is 2.26. The zero-order chi connectivity index (χ0) is 12.0. The van der Waals surface area contributed by atoms with Crippen molar-refractivity contribution >= 4 is 11.6 Å². The predicted octanol–water partition coefficient (Wildman–Crippen LogP) is 2.75. The molecule has 0 spiro atoms. The Kier molecular flexibility index (Phi) is 5.02.